The first-order valence-electron chi connectivity index (χ1n) is 10.0. The predicted octanol–water partition coefficient (Wildman–Crippen LogP) is 3.85. The van der Waals surface area contributed by atoms with E-state index in [0.717, 1.165) is 17.0 Å². The Kier molecular flexibility index (Phi) is 6.50. The lowest BCUT2D eigenvalue weighted by Gasteiger charge is -2.12. The van der Waals surface area contributed by atoms with Gasteiger partial charge in [-0.2, -0.15) is 5.10 Å². The van der Waals surface area contributed by atoms with Crippen molar-refractivity contribution in [3.63, 3.8) is 0 Å². The fraction of sp³-hybridized carbons (Fsp3) is 0.227. The molecule has 1 amide bonds. The predicted molar refractivity (Wildman–Crippen MR) is 123 cm³/mol. The number of carbonyl (C=O) groups excluding carboxylic acids is 1. The van der Waals surface area contributed by atoms with Crippen LogP contribution in [0.25, 0.3) is 17.1 Å². The molecule has 0 saturated heterocycles. The van der Waals surface area contributed by atoms with Gasteiger partial charge in [-0.1, -0.05) is 11.8 Å². The molecule has 4 aromatic rings. The summed E-state index contributed by atoms with van der Waals surface area (Å²) in [6, 6.07) is 13.3. The molecule has 0 atom stereocenters. The topological polar surface area (TPSA) is 99.8 Å². The number of anilines is 1. The fourth-order valence-electron chi connectivity index (χ4n) is 3.15. The molecule has 0 radical (unpaired) electrons. The van der Waals surface area contributed by atoms with Crippen LogP contribution < -0.4 is 10.1 Å². The molecule has 0 unspecified atom stereocenters. The normalized spacial score (nSPS) is 11.0. The summed E-state index contributed by atoms with van der Waals surface area (Å²) in [5, 5.41) is 16.5. The van der Waals surface area contributed by atoms with Crippen LogP contribution in [0.5, 0.6) is 5.75 Å². The van der Waals surface area contributed by atoms with E-state index < -0.39 is 0 Å². The van der Waals surface area contributed by atoms with Crippen molar-refractivity contribution in [1.29, 1.82) is 0 Å². The second kappa shape index (κ2) is 9.65. The van der Waals surface area contributed by atoms with Gasteiger partial charge in [0.25, 0.3) is 0 Å². The number of benzene rings is 1. The number of rotatable bonds is 8. The van der Waals surface area contributed by atoms with Crippen LogP contribution in [0.2, 0.25) is 0 Å². The van der Waals surface area contributed by atoms with E-state index in [1.54, 1.807) is 36.4 Å². The van der Waals surface area contributed by atoms with E-state index in [-0.39, 0.29) is 17.7 Å². The quantitative estimate of drug-likeness (QED) is 0.408. The van der Waals surface area contributed by atoms with E-state index in [4.69, 9.17) is 4.74 Å². The van der Waals surface area contributed by atoms with Crippen LogP contribution in [0.15, 0.2) is 66.2 Å². The Bertz CT molecular complexity index is 1190. The second-order valence-corrected chi connectivity index (χ2v) is 8.11. The highest BCUT2D eigenvalue weighted by Crippen LogP contribution is 2.28. The van der Waals surface area contributed by atoms with Crippen molar-refractivity contribution in [1.82, 2.24) is 29.5 Å². The summed E-state index contributed by atoms with van der Waals surface area (Å²) in [5.74, 6) is 2.11. The highest BCUT2D eigenvalue weighted by Gasteiger charge is 2.18. The molecule has 4 rings (SSSR count). The number of carbonyl (C=O) groups is 1. The van der Waals surface area contributed by atoms with E-state index >= 15 is 0 Å². The van der Waals surface area contributed by atoms with Crippen LogP contribution in [0.1, 0.15) is 19.9 Å². The van der Waals surface area contributed by atoms with Crippen LogP contribution in [-0.4, -0.2) is 48.3 Å². The summed E-state index contributed by atoms with van der Waals surface area (Å²) in [6.45, 7) is 4.02. The monoisotopic (exact) mass is 449 g/mol. The number of hydrogen-bond donors (Lipinski definition) is 1. The zero-order valence-electron chi connectivity index (χ0n) is 18.0. The van der Waals surface area contributed by atoms with Gasteiger partial charge < -0.3 is 10.1 Å². The second-order valence-electron chi connectivity index (χ2n) is 7.17. The Morgan fingerprint density at radius 1 is 1.06 bits per heavy atom. The first-order valence-corrected chi connectivity index (χ1v) is 11.0. The highest BCUT2D eigenvalue weighted by molar-refractivity contribution is 7.99. The van der Waals surface area contributed by atoms with Crippen molar-refractivity contribution in [3.05, 3.63) is 61.1 Å². The lowest BCUT2D eigenvalue weighted by atomic mass is 10.2. The van der Waals surface area contributed by atoms with Crippen molar-refractivity contribution >= 4 is 23.5 Å². The van der Waals surface area contributed by atoms with Crippen LogP contribution in [0.4, 0.5) is 5.82 Å². The molecule has 3 aromatic heterocycles. The standard InChI is InChI=1S/C22H23N7O2S/c1-15(2)29-19(10-13-24-29)25-20(30)14-32-22-27-26-21(16-8-11-23-12-9-16)28(22)17-4-6-18(31-3)7-5-17/h4-13,15H,14H2,1-3H3,(H,25,30). The van der Waals surface area contributed by atoms with Crippen molar-refractivity contribution in [2.24, 2.45) is 0 Å². The number of hydrogen-bond acceptors (Lipinski definition) is 7. The molecular formula is C22H23N7O2S. The average Bonchev–Trinajstić information content (AvgIpc) is 3.45. The Hall–Kier alpha value is -3.66. The molecule has 164 valence electrons. The van der Waals surface area contributed by atoms with Crippen molar-refractivity contribution in [2.75, 3.05) is 18.2 Å². The number of aromatic nitrogens is 6. The Labute approximate surface area is 189 Å². The Morgan fingerprint density at radius 2 is 1.81 bits per heavy atom. The number of nitrogens with one attached hydrogen (secondary N) is 1. The number of pyridine rings is 1. The van der Waals surface area contributed by atoms with Gasteiger partial charge in [0.15, 0.2) is 11.0 Å². The summed E-state index contributed by atoms with van der Waals surface area (Å²) in [4.78, 5) is 16.7. The van der Waals surface area contributed by atoms with Gasteiger partial charge in [0, 0.05) is 35.8 Å². The van der Waals surface area contributed by atoms with Gasteiger partial charge in [-0.05, 0) is 50.2 Å². The number of methoxy groups -OCH3 is 1. The van der Waals surface area contributed by atoms with E-state index in [1.165, 1.54) is 11.8 Å². The molecular weight excluding hydrogens is 426 g/mol. The smallest absolute Gasteiger partial charge is 0.235 e. The number of thioether (sulfide) groups is 1. The molecule has 9 nitrogen and oxygen atoms in total. The largest absolute Gasteiger partial charge is 0.497 e. The number of amides is 1. The first-order chi connectivity index (χ1) is 15.6. The molecule has 0 aliphatic heterocycles. The van der Waals surface area contributed by atoms with Gasteiger partial charge in [0.1, 0.15) is 11.6 Å². The SMILES string of the molecule is COc1ccc(-n2c(SCC(=O)Nc3ccnn3C(C)C)nnc2-c2ccncc2)cc1. The molecule has 0 bridgehead atoms. The van der Waals surface area contributed by atoms with Crippen molar-refractivity contribution in [3.8, 4) is 22.8 Å². The Balaban J connectivity index is 1.58. The van der Waals surface area contributed by atoms with Crippen LogP contribution >= 0.6 is 11.8 Å². The Morgan fingerprint density at radius 3 is 2.50 bits per heavy atom. The molecule has 0 spiro atoms. The van der Waals surface area contributed by atoms with Crippen molar-refractivity contribution < 1.29 is 9.53 Å². The van der Waals surface area contributed by atoms with Crippen LogP contribution in [0.3, 0.4) is 0 Å². The van der Waals surface area contributed by atoms with Crippen molar-refractivity contribution in [2.45, 2.75) is 25.0 Å². The molecule has 10 heteroatoms. The van der Waals surface area contributed by atoms with Gasteiger partial charge in [-0.15, -0.1) is 10.2 Å². The van der Waals surface area contributed by atoms with Gasteiger partial charge in [-0.3, -0.25) is 14.3 Å². The van der Waals surface area contributed by atoms with E-state index in [9.17, 15) is 4.79 Å². The third-order valence-electron chi connectivity index (χ3n) is 4.66. The van der Waals surface area contributed by atoms with Gasteiger partial charge >= 0.3 is 0 Å². The molecule has 0 fully saturated rings. The maximum Gasteiger partial charge on any atom is 0.235 e. The zero-order valence-corrected chi connectivity index (χ0v) is 18.8. The minimum atomic E-state index is -0.146. The third-order valence-corrected chi connectivity index (χ3v) is 5.59. The average molecular weight is 450 g/mol. The minimum absolute atomic E-state index is 0.146. The zero-order chi connectivity index (χ0) is 22.5. The number of nitrogens with zero attached hydrogens (tertiary/aromatic N) is 6. The van der Waals surface area contributed by atoms with Gasteiger partial charge in [-0.25, -0.2) is 4.68 Å². The summed E-state index contributed by atoms with van der Waals surface area (Å²) < 4.78 is 8.96. The molecule has 1 N–H and O–H groups in total. The molecule has 0 aliphatic rings. The summed E-state index contributed by atoms with van der Waals surface area (Å²) in [6.07, 6.45) is 5.09. The lowest BCUT2D eigenvalue weighted by molar-refractivity contribution is -0.113. The fourth-order valence-corrected chi connectivity index (χ4v) is 3.90. The molecule has 0 saturated carbocycles. The van der Waals surface area contributed by atoms with Crippen LogP contribution in [0, 0.1) is 0 Å². The van der Waals surface area contributed by atoms with E-state index in [0.29, 0.717) is 16.8 Å². The first kappa shape index (κ1) is 21.6. The molecule has 1 aromatic carbocycles. The maximum atomic E-state index is 12.6. The lowest BCUT2D eigenvalue weighted by Crippen LogP contribution is -2.18. The van der Waals surface area contributed by atoms with Gasteiger partial charge in [0.2, 0.25) is 5.91 Å². The van der Waals surface area contributed by atoms with Gasteiger partial charge in [0.05, 0.1) is 19.1 Å². The van der Waals surface area contributed by atoms with E-state index in [1.807, 2.05) is 54.8 Å². The summed E-state index contributed by atoms with van der Waals surface area (Å²) in [7, 11) is 1.63. The number of ether oxygens (including phenoxy) is 1. The summed E-state index contributed by atoms with van der Waals surface area (Å²) in [5.41, 5.74) is 1.74. The third kappa shape index (κ3) is 4.65. The summed E-state index contributed by atoms with van der Waals surface area (Å²) >= 11 is 1.31. The van der Waals surface area contributed by atoms with E-state index in [2.05, 4.69) is 25.6 Å². The molecule has 3 heterocycles. The highest BCUT2D eigenvalue weighted by atomic mass is 32.2. The minimum Gasteiger partial charge on any atom is -0.497 e. The molecule has 0 aliphatic carbocycles. The van der Waals surface area contributed by atoms with Crippen LogP contribution in [-0.2, 0) is 4.79 Å². The molecule has 32 heavy (non-hydrogen) atoms. The maximum absolute atomic E-state index is 12.6.